The van der Waals surface area contributed by atoms with Crippen LogP contribution in [0.1, 0.15) is 29.8 Å². The van der Waals surface area contributed by atoms with Gasteiger partial charge in [0.15, 0.2) is 0 Å². The van der Waals surface area contributed by atoms with Crippen molar-refractivity contribution in [2.45, 2.75) is 20.5 Å². The van der Waals surface area contributed by atoms with Gasteiger partial charge >= 0.3 is 19.5 Å². The van der Waals surface area contributed by atoms with Crippen LogP contribution in [0.25, 0.3) is 0 Å². The van der Waals surface area contributed by atoms with Gasteiger partial charge in [-0.15, -0.1) is 0 Å². The lowest BCUT2D eigenvalue weighted by molar-refractivity contribution is -0.131. The van der Waals surface area contributed by atoms with Crippen molar-refractivity contribution in [1.29, 1.82) is 0 Å². The second-order valence-corrected chi connectivity index (χ2v) is 7.64. The highest BCUT2D eigenvalue weighted by atomic mass is 31.2. The molecule has 0 saturated heterocycles. The average Bonchev–Trinajstić information content (AvgIpc) is 2.61. The van der Waals surface area contributed by atoms with Crippen LogP contribution in [0.3, 0.4) is 0 Å². The van der Waals surface area contributed by atoms with Crippen molar-refractivity contribution in [2.75, 3.05) is 13.3 Å². The van der Waals surface area contributed by atoms with E-state index < -0.39 is 19.5 Å². The summed E-state index contributed by atoms with van der Waals surface area (Å²) in [6.07, 6.45) is 0. The van der Waals surface area contributed by atoms with Gasteiger partial charge in [0.2, 0.25) is 0 Å². The summed E-state index contributed by atoms with van der Waals surface area (Å²) < 4.78 is 32.6. The van der Waals surface area contributed by atoms with Gasteiger partial charge in [-0.05, 0) is 36.8 Å². The van der Waals surface area contributed by atoms with E-state index in [0.717, 1.165) is 5.56 Å². The summed E-state index contributed by atoms with van der Waals surface area (Å²) >= 11 is 0. The Morgan fingerprint density at radius 1 is 0.963 bits per heavy atom. The molecule has 8 heteroatoms. The smallest absolute Gasteiger partial charge is 0.347 e. The zero-order valence-electron chi connectivity index (χ0n) is 15.3. The molecule has 0 radical (unpaired) electrons. The van der Waals surface area contributed by atoms with Crippen molar-refractivity contribution >= 4 is 19.5 Å². The summed E-state index contributed by atoms with van der Waals surface area (Å²) in [6.45, 7) is 4.81. The summed E-state index contributed by atoms with van der Waals surface area (Å²) in [7, 11) is -3.08. The first-order valence-electron chi connectivity index (χ1n) is 8.26. The van der Waals surface area contributed by atoms with E-state index in [1.54, 1.807) is 43.3 Å². The van der Waals surface area contributed by atoms with Gasteiger partial charge < -0.3 is 18.5 Å². The number of esters is 2. The van der Waals surface area contributed by atoms with E-state index in [0.29, 0.717) is 12.4 Å². The quantitative estimate of drug-likeness (QED) is 0.378. The first-order chi connectivity index (χ1) is 12.8. The third-order valence-electron chi connectivity index (χ3n) is 3.32. The molecule has 0 spiro atoms. The third kappa shape index (κ3) is 6.64. The number of hydrogen-bond acceptors (Lipinski definition) is 7. The van der Waals surface area contributed by atoms with Crippen molar-refractivity contribution in [3.63, 3.8) is 0 Å². The average molecular weight is 392 g/mol. The number of ether oxygens (including phenoxy) is 2. The molecule has 2 aromatic carbocycles. The minimum Gasteiger partial charge on any atom is -0.426 e. The first-order valence-corrected chi connectivity index (χ1v) is 10.2. The van der Waals surface area contributed by atoms with Crippen molar-refractivity contribution < 1.29 is 32.7 Å². The predicted molar refractivity (Wildman–Crippen MR) is 99.1 cm³/mol. The lowest BCUT2D eigenvalue weighted by Crippen LogP contribution is -2.12. The fourth-order valence-corrected chi connectivity index (χ4v) is 3.09. The molecule has 0 aliphatic heterocycles. The maximum atomic E-state index is 12.3. The van der Waals surface area contributed by atoms with Gasteiger partial charge in [0, 0.05) is 13.6 Å². The van der Waals surface area contributed by atoms with E-state index in [1.807, 2.05) is 0 Å². The highest BCUT2D eigenvalue weighted by molar-refractivity contribution is 7.52. The normalized spacial score (nSPS) is 12.9. The van der Waals surface area contributed by atoms with Crippen LogP contribution in [-0.2, 0) is 25.0 Å². The van der Waals surface area contributed by atoms with E-state index in [1.165, 1.54) is 25.7 Å². The summed E-state index contributed by atoms with van der Waals surface area (Å²) in [5.74, 6) is -0.731. The third-order valence-corrected chi connectivity index (χ3v) is 4.65. The standard InChI is InChI=1S/C19H21O7P/c1-4-23-27(3,22)24-13-15-9-11-16(12-10-15)26-19(21)17-7-5-6-8-18(17)25-14(2)20/h5-12H,4,13H2,1-3H3. The van der Waals surface area contributed by atoms with Crippen molar-refractivity contribution in [3.05, 3.63) is 59.7 Å². The van der Waals surface area contributed by atoms with E-state index in [2.05, 4.69) is 0 Å². The summed E-state index contributed by atoms with van der Waals surface area (Å²) in [6, 6.07) is 12.9. The Labute approximate surface area is 157 Å². The molecule has 2 aromatic rings. The molecule has 0 N–H and O–H groups in total. The van der Waals surface area contributed by atoms with Crippen molar-refractivity contribution in [3.8, 4) is 11.5 Å². The Kier molecular flexibility index (Phi) is 7.30. The molecule has 0 fully saturated rings. The zero-order valence-corrected chi connectivity index (χ0v) is 16.2. The zero-order chi connectivity index (χ0) is 19.9. The predicted octanol–water partition coefficient (Wildman–Crippen LogP) is 4.21. The topological polar surface area (TPSA) is 88.1 Å². The van der Waals surface area contributed by atoms with Gasteiger partial charge in [-0.25, -0.2) is 4.79 Å². The molecular weight excluding hydrogens is 371 g/mol. The largest absolute Gasteiger partial charge is 0.426 e. The molecular formula is C19H21O7P. The molecule has 0 aliphatic rings. The second kappa shape index (κ2) is 9.46. The second-order valence-electron chi connectivity index (χ2n) is 5.59. The number of carbonyl (C=O) groups excluding carboxylic acids is 2. The minimum atomic E-state index is -3.08. The Morgan fingerprint density at radius 3 is 2.26 bits per heavy atom. The molecule has 1 unspecified atom stereocenters. The van der Waals surface area contributed by atoms with Gasteiger partial charge in [0.1, 0.15) is 17.1 Å². The lowest BCUT2D eigenvalue weighted by Gasteiger charge is -2.13. The minimum absolute atomic E-state index is 0.108. The van der Waals surface area contributed by atoms with Gasteiger partial charge in [0.05, 0.1) is 13.2 Å². The Bertz CT molecular complexity index is 845. The number of carbonyl (C=O) groups is 2. The van der Waals surface area contributed by atoms with Crippen LogP contribution in [0.2, 0.25) is 0 Å². The van der Waals surface area contributed by atoms with Gasteiger partial charge in [-0.1, -0.05) is 24.3 Å². The summed E-state index contributed by atoms with van der Waals surface area (Å²) in [5, 5.41) is 0. The van der Waals surface area contributed by atoms with Crippen molar-refractivity contribution in [1.82, 2.24) is 0 Å². The molecule has 0 amide bonds. The molecule has 2 rings (SSSR count). The maximum absolute atomic E-state index is 12.3. The Morgan fingerprint density at radius 2 is 1.63 bits per heavy atom. The first kappa shape index (κ1) is 20.8. The van der Waals surface area contributed by atoms with Crippen LogP contribution in [0.4, 0.5) is 0 Å². The van der Waals surface area contributed by atoms with Crippen LogP contribution in [-0.4, -0.2) is 25.2 Å². The molecule has 7 nitrogen and oxygen atoms in total. The van der Waals surface area contributed by atoms with Gasteiger partial charge in [-0.3, -0.25) is 9.36 Å². The SMILES string of the molecule is CCOP(C)(=O)OCc1ccc(OC(=O)c2ccccc2OC(C)=O)cc1. The molecule has 1 atom stereocenters. The summed E-state index contributed by atoms with van der Waals surface area (Å²) in [4.78, 5) is 23.5. The van der Waals surface area contributed by atoms with E-state index in [9.17, 15) is 14.2 Å². The number of hydrogen-bond donors (Lipinski definition) is 0. The maximum Gasteiger partial charge on any atom is 0.347 e. The van der Waals surface area contributed by atoms with Crippen LogP contribution >= 0.6 is 7.60 Å². The summed E-state index contributed by atoms with van der Waals surface area (Å²) in [5.41, 5.74) is 0.889. The van der Waals surface area contributed by atoms with Gasteiger partial charge in [0.25, 0.3) is 0 Å². The van der Waals surface area contributed by atoms with Crippen LogP contribution < -0.4 is 9.47 Å². The fraction of sp³-hybridized carbons (Fsp3) is 0.263. The van der Waals surface area contributed by atoms with Crippen molar-refractivity contribution in [2.24, 2.45) is 0 Å². The number of rotatable bonds is 8. The molecule has 0 saturated carbocycles. The molecule has 144 valence electrons. The van der Waals surface area contributed by atoms with Crippen LogP contribution in [0.15, 0.2) is 48.5 Å². The number of benzene rings is 2. The van der Waals surface area contributed by atoms with Gasteiger partial charge in [-0.2, -0.15) is 0 Å². The van der Waals surface area contributed by atoms with E-state index in [-0.39, 0.29) is 17.9 Å². The highest BCUT2D eigenvalue weighted by Crippen LogP contribution is 2.44. The molecule has 0 heterocycles. The van der Waals surface area contributed by atoms with Crippen LogP contribution in [0, 0.1) is 0 Å². The molecule has 27 heavy (non-hydrogen) atoms. The van der Waals surface area contributed by atoms with Crippen LogP contribution in [0.5, 0.6) is 11.5 Å². The fourth-order valence-electron chi connectivity index (χ4n) is 2.16. The molecule has 0 bridgehead atoms. The molecule has 0 aliphatic carbocycles. The highest BCUT2D eigenvalue weighted by Gasteiger charge is 2.17. The number of para-hydroxylation sites is 1. The Hall–Kier alpha value is -2.47. The van der Waals surface area contributed by atoms with E-state index in [4.69, 9.17) is 18.5 Å². The van der Waals surface area contributed by atoms with E-state index >= 15 is 0 Å². The molecule has 0 aromatic heterocycles. The monoisotopic (exact) mass is 392 g/mol. The lowest BCUT2D eigenvalue weighted by atomic mass is 10.2. The Balaban J connectivity index is 2.01.